The number of piperidine rings is 1. The molecule has 7 heterocycles. The Morgan fingerprint density at radius 1 is 1.00 bits per heavy atom. The van der Waals surface area contributed by atoms with E-state index in [9.17, 15) is 27.9 Å². The van der Waals surface area contributed by atoms with Gasteiger partial charge in [-0.05, 0) is 92.1 Å². The fraction of sp³-hybridized carbons (Fsp3) is 0.417. The predicted molar refractivity (Wildman–Crippen MR) is 246 cm³/mol. The van der Waals surface area contributed by atoms with Crippen LogP contribution in [0, 0.1) is 5.41 Å². The lowest BCUT2D eigenvalue weighted by atomic mass is 9.90. The van der Waals surface area contributed by atoms with Crippen molar-refractivity contribution in [2.75, 3.05) is 71.7 Å². The van der Waals surface area contributed by atoms with Crippen LogP contribution in [0.5, 0.6) is 5.88 Å². The zero-order valence-corrected chi connectivity index (χ0v) is 37.5. The molecule has 3 N–H and O–H groups in total. The number of nitrogens with zero attached hydrogens (tertiary/aromatic N) is 9. The van der Waals surface area contributed by atoms with Crippen LogP contribution in [-0.4, -0.2) is 105 Å². The summed E-state index contributed by atoms with van der Waals surface area (Å²) < 4.78 is 47.8. The molecule has 0 radical (unpaired) electrons. The molecule has 2 amide bonds. The van der Waals surface area contributed by atoms with E-state index < -0.39 is 18.5 Å². The largest absolute Gasteiger partial charge is 0.478 e. The molecule has 66 heavy (non-hydrogen) atoms. The average molecular weight is 906 g/mol. The van der Waals surface area contributed by atoms with Crippen LogP contribution < -0.4 is 30.1 Å². The van der Waals surface area contributed by atoms with Crippen molar-refractivity contribution in [3.63, 3.8) is 0 Å². The monoisotopic (exact) mass is 905 g/mol. The number of aliphatic hydroxyl groups is 1. The summed E-state index contributed by atoms with van der Waals surface area (Å²) in [4.78, 5) is 52.8. The molecular formula is C48H54F3N11O4. The molecule has 2 fully saturated rings. The second-order valence-corrected chi connectivity index (χ2v) is 18.3. The zero-order valence-electron chi connectivity index (χ0n) is 37.5. The van der Waals surface area contributed by atoms with Crippen LogP contribution >= 0.6 is 0 Å². The highest BCUT2D eigenvalue weighted by molar-refractivity contribution is 6.06. The number of pyridine rings is 2. The van der Waals surface area contributed by atoms with Crippen molar-refractivity contribution in [2.45, 2.75) is 77.9 Å². The highest BCUT2D eigenvalue weighted by Gasteiger charge is 2.38. The number of alkyl halides is 3. The van der Waals surface area contributed by atoms with Crippen molar-refractivity contribution in [1.82, 2.24) is 29.4 Å². The number of piperazine rings is 1. The Morgan fingerprint density at radius 2 is 1.79 bits per heavy atom. The minimum atomic E-state index is -4.49. The van der Waals surface area contributed by atoms with Gasteiger partial charge in [-0.1, -0.05) is 20.4 Å². The number of aliphatic hydroxyl groups excluding tert-OH is 1. The van der Waals surface area contributed by atoms with E-state index >= 15 is 0 Å². The van der Waals surface area contributed by atoms with Gasteiger partial charge in [0.2, 0.25) is 5.91 Å². The Labute approximate surface area is 381 Å². The quantitative estimate of drug-likeness (QED) is 0.116. The number of hydrogen-bond donors (Lipinski definition) is 3. The highest BCUT2D eigenvalue weighted by Crippen LogP contribution is 2.41. The Bertz CT molecular complexity index is 2680. The van der Waals surface area contributed by atoms with Gasteiger partial charge < -0.3 is 34.8 Å². The summed E-state index contributed by atoms with van der Waals surface area (Å²) in [5.41, 5.74) is 6.28. The van der Waals surface area contributed by atoms with Gasteiger partial charge in [0.05, 0.1) is 37.0 Å². The van der Waals surface area contributed by atoms with Crippen LogP contribution in [0.1, 0.15) is 66.6 Å². The SMILES string of the molecule is C=CC(=O)Nc1cc(Nc2nc(-c3ccnc(N4CCn5c(cc6c5CC(C)(C)C6)C4=O)c3CO)cnc2OC)ccc1N1CCN(C2CCN(c3ccnc(C(F)(F)F)c3)CC2)CC1C. The van der Waals surface area contributed by atoms with Gasteiger partial charge in [-0.15, -0.1) is 0 Å². The normalized spacial score (nSPS) is 18.8. The van der Waals surface area contributed by atoms with Gasteiger partial charge in [-0.2, -0.15) is 13.2 Å². The van der Waals surface area contributed by atoms with Gasteiger partial charge in [0.25, 0.3) is 11.8 Å². The third-order valence-corrected chi connectivity index (χ3v) is 13.3. The van der Waals surface area contributed by atoms with E-state index in [1.165, 1.54) is 30.6 Å². The topological polar surface area (TPSA) is 157 Å². The average Bonchev–Trinajstić information content (AvgIpc) is 3.80. The van der Waals surface area contributed by atoms with Crippen molar-refractivity contribution in [3.8, 4) is 17.1 Å². The van der Waals surface area contributed by atoms with Crippen molar-refractivity contribution >= 4 is 46.2 Å². The van der Waals surface area contributed by atoms with Crippen molar-refractivity contribution in [2.24, 2.45) is 5.41 Å². The van der Waals surface area contributed by atoms with Crippen molar-refractivity contribution in [3.05, 3.63) is 102 Å². The van der Waals surface area contributed by atoms with Crippen molar-refractivity contribution in [1.29, 1.82) is 0 Å². The fourth-order valence-corrected chi connectivity index (χ4v) is 10.2. The minimum absolute atomic E-state index is 0.0667. The number of carbonyl (C=O) groups excluding carboxylic acids is 2. The van der Waals surface area contributed by atoms with Gasteiger partial charge in [-0.3, -0.25) is 24.4 Å². The number of methoxy groups -OCH3 is 1. The van der Waals surface area contributed by atoms with Gasteiger partial charge in [-0.25, -0.2) is 15.0 Å². The van der Waals surface area contributed by atoms with Gasteiger partial charge in [0, 0.05) is 98.5 Å². The number of rotatable bonds is 11. The van der Waals surface area contributed by atoms with Crippen molar-refractivity contribution < 1.29 is 32.6 Å². The lowest BCUT2D eigenvalue weighted by molar-refractivity contribution is -0.141. The van der Waals surface area contributed by atoms with Crippen LogP contribution in [-0.2, 0) is 37.0 Å². The van der Waals surface area contributed by atoms with E-state index in [0.717, 1.165) is 50.5 Å². The van der Waals surface area contributed by atoms with E-state index in [0.29, 0.717) is 78.1 Å². The number of nitrogens with one attached hydrogen (secondary N) is 2. The molecule has 3 aliphatic heterocycles. The third-order valence-electron chi connectivity index (χ3n) is 13.3. The molecule has 4 aliphatic rings. The number of fused-ring (bicyclic) bond motifs is 3. The molecule has 18 heteroatoms. The second kappa shape index (κ2) is 17.7. The van der Waals surface area contributed by atoms with E-state index in [1.54, 1.807) is 29.4 Å². The molecule has 15 nitrogen and oxygen atoms in total. The number of halogens is 3. The number of amides is 2. The summed E-state index contributed by atoms with van der Waals surface area (Å²) in [5.74, 6) is 0.327. The Hall–Kier alpha value is -6.53. The number of carbonyl (C=O) groups is 2. The van der Waals surface area contributed by atoms with E-state index in [-0.39, 0.29) is 41.0 Å². The maximum atomic E-state index is 14.0. The first-order valence-corrected chi connectivity index (χ1v) is 22.3. The fourth-order valence-electron chi connectivity index (χ4n) is 10.2. The van der Waals surface area contributed by atoms with Crippen LogP contribution in [0.2, 0.25) is 0 Å². The second-order valence-electron chi connectivity index (χ2n) is 18.3. The molecule has 346 valence electrons. The van der Waals surface area contributed by atoms with Crippen LogP contribution in [0.25, 0.3) is 11.3 Å². The molecular weight excluding hydrogens is 852 g/mol. The van der Waals surface area contributed by atoms with Gasteiger partial charge >= 0.3 is 6.18 Å². The summed E-state index contributed by atoms with van der Waals surface area (Å²) in [6.45, 7) is 14.4. The molecule has 1 aromatic carbocycles. The molecule has 1 atom stereocenters. The van der Waals surface area contributed by atoms with Gasteiger partial charge in [0.1, 0.15) is 17.2 Å². The third kappa shape index (κ3) is 8.66. The number of anilines is 6. The molecule has 0 spiro atoms. The molecule has 1 unspecified atom stereocenters. The molecule has 5 aromatic rings. The first-order valence-electron chi connectivity index (χ1n) is 22.3. The van der Waals surface area contributed by atoms with E-state index in [4.69, 9.17) is 9.72 Å². The predicted octanol–water partition coefficient (Wildman–Crippen LogP) is 7.09. The molecule has 9 rings (SSSR count). The number of aromatic nitrogens is 5. The lowest BCUT2D eigenvalue weighted by Gasteiger charge is -2.47. The number of hydrogen-bond acceptors (Lipinski definition) is 12. The first-order chi connectivity index (χ1) is 31.6. The standard InChI is InChI=1S/C48H54F3N11O4/c1-6-42(64)56-36-22-31(7-8-38(36)60-18-17-59(27-29(60)2)32-11-15-58(16-12-32)33-9-13-52-41(23-33)48(49,50)51)55-43-45(66-5)54-26-37(57-43)34-10-14-53-44(35(34)28-63)62-20-19-61-39(46(62)65)21-30-24-47(3,4)25-40(30)61/h6-10,13-14,21-23,26,29,32,63H,1,11-12,15-20,24-25,27-28H2,2-5H3,(H,55,57)(H,56,64). The molecule has 1 aliphatic carbocycles. The summed E-state index contributed by atoms with van der Waals surface area (Å²) in [6, 6.07) is 12.5. The molecule has 0 bridgehead atoms. The van der Waals surface area contributed by atoms with E-state index in [1.807, 2.05) is 29.2 Å². The smallest absolute Gasteiger partial charge is 0.433 e. The zero-order chi connectivity index (χ0) is 46.5. The molecule has 4 aromatic heterocycles. The van der Waals surface area contributed by atoms with Crippen LogP contribution in [0.3, 0.4) is 0 Å². The molecule has 0 saturated carbocycles. The lowest BCUT2D eigenvalue weighted by Crippen LogP contribution is -2.57. The minimum Gasteiger partial charge on any atom is -0.478 e. The summed E-state index contributed by atoms with van der Waals surface area (Å²) in [6.07, 6.45) is 4.59. The highest BCUT2D eigenvalue weighted by atomic mass is 19.4. The van der Waals surface area contributed by atoms with E-state index in [2.05, 4.69) is 67.3 Å². The van der Waals surface area contributed by atoms with Crippen LogP contribution in [0.15, 0.2) is 73.7 Å². The van der Waals surface area contributed by atoms with Crippen LogP contribution in [0.4, 0.5) is 47.6 Å². The Morgan fingerprint density at radius 3 is 2.52 bits per heavy atom. The van der Waals surface area contributed by atoms with Gasteiger partial charge in [0.15, 0.2) is 5.82 Å². The summed E-state index contributed by atoms with van der Waals surface area (Å²) in [7, 11) is 1.49. The molecule has 2 saturated heterocycles. The Kier molecular flexibility index (Phi) is 12.0. The first kappa shape index (κ1) is 44.7. The maximum absolute atomic E-state index is 14.0. The maximum Gasteiger partial charge on any atom is 0.433 e. The summed E-state index contributed by atoms with van der Waals surface area (Å²) >= 11 is 0. The Balaban J connectivity index is 0.915. The number of ether oxygens (including phenoxy) is 1. The number of benzene rings is 1. The summed E-state index contributed by atoms with van der Waals surface area (Å²) in [5, 5.41) is 17.1.